The Bertz CT molecular complexity index is 790. The topological polar surface area (TPSA) is 9.23 Å². The van der Waals surface area contributed by atoms with Crippen molar-refractivity contribution >= 4 is 38.3 Å². The van der Waals surface area contributed by atoms with Gasteiger partial charge in [0.15, 0.2) is 0 Å². The normalized spacial score (nSPS) is 10.8. The summed E-state index contributed by atoms with van der Waals surface area (Å²) in [4.78, 5) is 0. The number of rotatable bonds is 3. The Morgan fingerprint density at radius 2 is 1.67 bits per heavy atom. The van der Waals surface area contributed by atoms with Crippen molar-refractivity contribution in [2.75, 3.05) is 0 Å². The zero-order valence-corrected chi connectivity index (χ0v) is 13.3. The van der Waals surface area contributed by atoms with Crippen molar-refractivity contribution in [3.63, 3.8) is 0 Å². The second kappa shape index (κ2) is 6.04. The lowest BCUT2D eigenvalue weighted by Crippen LogP contribution is -1.97. The highest BCUT2D eigenvalue weighted by Crippen LogP contribution is 2.38. The molecule has 4 heteroatoms. The first-order valence-corrected chi connectivity index (χ1v) is 7.57. The van der Waals surface area contributed by atoms with E-state index in [-0.39, 0.29) is 5.82 Å². The van der Waals surface area contributed by atoms with Crippen molar-refractivity contribution in [2.45, 2.75) is 6.61 Å². The lowest BCUT2D eigenvalue weighted by atomic mass is 10.1. The van der Waals surface area contributed by atoms with E-state index in [0.29, 0.717) is 21.9 Å². The molecule has 0 amide bonds. The van der Waals surface area contributed by atoms with E-state index >= 15 is 0 Å². The summed E-state index contributed by atoms with van der Waals surface area (Å²) in [5.74, 6) is 0.262. The fraction of sp³-hybridized carbons (Fsp3) is 0.0588. The SMILES string of the molecule is Fc1ccc2c(OCc3ccccc3)c(Cl)ccc2c1Br. The Morgan fingerprint density at radius 3 is 2.43 bits per heavy atom. The lowest BCUT2D eigenvalue weighted by Gasteiger charge is -2.12. The Kier molecular flexibility index (Phi) is 4.13. The minimum atomic E-state index is -0.307. The van der Waals surface area contributed by atoms with Gasteiger partial charge in [0.05, 0.1) is 9.50 Å². The molecule has 21 heavy (non-hydrogen) atoms. The van der Waals surface area contributed by atoms with Crippen LogP contribution in [0.25, 0.3) is 10.8 Å². The molecule has 0 aliphatic rings. The molecule has 0 aliphatic heterocycles. The molecule has 0 saturated heterocycles. The number of halogens is 3. The second-order valence-electron chi connectivity index (χ2n) is 4.61. The molecule has 0 fully saturated rings. The van der Waals surface area contributed by atoms with E-state index in [1.54, 1.807) is 18.2 Å². The van der Waals surface area contributed by atoms with E-state index < -0.39 is 0 Å². The molecular weight excluding hydrogens is 355 g/mol. The molecule has 106 valence electrons. The van der Waals surface area contributed by atoms with Crippen molar-refractivity contribution in [3.8, 4) is 5.75 Å². The van der Waals surface area contributed by atoms with Crippen LogP contribution in [-0.2, 0) is 6.61 Å². The molecule has 0 bridgehead atoms. The predicted molar refractivity (Wildman–Crippen MR) is 87.4 cm³/mol. The van der Waals surface area contributed by atoms with Crippen molar-refractivity contribution in [1.29, 1.82) is 0 Å². The third kappa shape index (κ3) is 2.89. The van der Waals surface area contributed by atoms with Gasteiger partial charge in [-0.25, -0.2) is 4.39 Å². The summed E-state index contributed by atoms with van der Waals surface area (Å²) in [6.07, 6.45) is 0. The molecule has 0 N–H and O–H groups in total. The van der Waals surface area contributed by atoms with Crippen LogP contribution in [0.4, 0.5) is 4.39 Å². The van der Waals surface area contributed by atoms with Gasteiger partial charge in [-0.05, 0) is 39.7 Å². The smallest absolute Gasteiger partial charge is 0.146 e. The number of benzene rings is 3. The minimum absolute atomic E-state index is 0.307. The summed E-state index contributed by atoms with van der Waals surface area (Å²) < 4.78 is 19.9. The molecule has 3 aromatic carbocycles. The Balaban J connectivity index is 2.01. The molecular formula is C17H11BrClFO. The molecule has 0 aliphatic carbocycles. The summed E-state index contributed by atoms with van der Waals surface area (Å²) in [6, 6.07) is 16.4. The molecule has 3 rings (SSSR count). The Morgan fingerprint density at radius 1 is 0.952 bits per heavy atom. The molecule has 0 atom stereocenters. The minimum Gasteiger partial charge on any atom is -0.487 e. The van der Waals surface area contributed by atoms with E-state index in [1.165, 1.54) is 6.07 Å². The van der Waals surface area contributed by atoms with Crippen molar-refractivity contribution in [3.05, 3.63) is 75.5 Å². The maximum Gasteiger partial charge on any atom is 0.146 e. The summed E-state index contributed by atoms with van der Waals surface area (Å²) in [5.41, 5.74) is 1.05. The molecule has 0 heterocycles. The maximum atomic E-state index is 13.6. The molecule has 1 nitrogen and oxygen atoms in total. The first-order valence-electron chi connectivity index (χ1n) is 6.40. The standard InChI is InChI=1S/C17H11BrClFO/c18-16-12-6-8-14(19)17(13(12)7-9-15(16)20)21-10-11-4-2-1-3-5-11/h1-9H,10H2. The van der Waals surface area contributed by atoms with Gasteiger partial charge >= 0.3 is 0 Å². The number of hydrogen-bond donors (Lipinski definition) is 0. The molecule has 0 saturated carbocycles. The van der Waals surface area contributed by atoms with Crippen molar-refractivity contribution in [2.24, 2.45) is 0 Å². The number of fused-ring (bicyclic) bond motifs is 1. The van der Waals surface area contributed by atoms with Gasteiger partial charge in [-0.15, -0.1) is 0 Å². The van der Waals surface area contributed by atoms with E-state index in [4.69, 9.17) is 16.3 Å². The summed E-state index contributed by atoms with van der Waals surface area (Å²) >= 11 is 9.49. The zero-order chi connectivity index (χ0) is 14.8. The lowest BCUT2D eigenvalue weighted by molar-refractivity contribution is 0.310. The Hall–Kier alpha value is -1.58. The average molecular weight is 366 g/mol. The monoisotopic (exact) mass is 364 g/mol. The largest absolute Gasteiger partial charge is 0.487 e. The van der Waals surface area contributed by atoms with Gasteiger partial charge in [0, 0.05) is 10.8 Å². The fourth-order valence-corrected chi connectivity index (χ4v) is 2.86. The zero-order valence-electron chi connectivity index (χ0n) is 10.9. The number of hydrogen-bond acceptors (Lipinski definition) is 1. The summed E-state index contributed by atoms with van der Waals surface area (Å²) in [6.45, 7) is 0.411. The Labute approximate surface area is 135 Å². The first-order chi connectivity index (χ1) is 10.2. The second-order valence-corrected chi connectivity index (χ2v) is 5.81. The maximum absolute atomic E-state index is 13.6. The van der Waals surface area contributed by atoms with Crippen LogP contribution >= 0.6 is 27.5 Å². The van der Waals surface area contributed by atoms with Crippen LogP contribution in [0.2, 0.25) is 5.02 Å². The van der Waals surface area contributed by atoms with E-state index in [1.807, 2.05) is 30.3 Å². The van der Waals surface area contributed by atoms with Crippen LogP contribution < -0.4 is 4.74 Å². The highest BCUT2D eigenvalue weighted by Gasteiger charge is 2.12. The molecule has 3 aromatic rings. The van der Waals surface area contributed by atoms with Gasteiger partial charge in [0.1, 0.15) is 18.2 Å². The van der Waals surface area contributed by atoms with Crippen LogP contribution in [-0.4, -0.2) is 0 Å². The van der Waals surface area contributed by atoms with E-state index in [2.05, 4.69) is 15.9 Å². The number of ether oxygens (including phenoxy) is 1. The molecule has 0 spiro atoms. The molecule has 0 aromatic heterocycles. The van der Waals surface area contributed by atoms with E-state index in [9.17, 15) is 4.39 Å². The summed E-state index contributed by atoms with van der Waals surface area (Å²) in [7, 11) is 0. The van der Waals surface area contributed by atoms with Crippen LogP contribution in [0.15, 0.2) is 59.1 Å². The predicted octanol–water partition coefficient (Wildman–Crippen LogP) is 5.97. The average Bonchev–Trinajstić information content (AvgIpc) is 2.51. The third-order valence-electron chi connectivity index (χ3n) is 3.22. The van der Waals surface area contributed by atoms with Crippen LogP contribution in [0.1, 0.15) is 5.56 Å². The van der Waals surface area contributed by atoms with Gasteiger partial charge in [-0.3, -0.25) is 0 Å². The fourth-order valence-electron chi connectivity index (χ4n) is 2.16. The molecule has 0 radical (unpaired) electrons. The van der Waals surface area contributed by atoms with Gasteiger partial charge < -0.3 is 4.74 Å². The highest BCUT2D eigenvalue weighted by atomic mass is 79.9. The van der Waals surface area contributed by atoms with E-state index in [0.717, 1.165) is 16.3 Å². The quantitative estimate of drug-likeness (QED) is 0.555. The van der Waals surface area contributed by atoms with Crippen molar-refractivity contribution in [1.82, 2.24) is 0 Å². The van der Waals surface area contributed by atoms with Crippen LogP contribution in [0.5, 0.6) is 5.75 Å². The van der Waals surface area contributed by atoms with Crippen LogP contribution in [0.3, 0.4) is 0 Å². The van der Waals surface area contributed by atoms with Gasteiger partial charge in [0.25, 0.3) is 0 Å². The van der Waals surface area contributed by atoms with Gasteiger partial charge in [-0.2, -0.15) is 0 Å². The highest BCUT2D eigenvalue weighted by molar-refractivity contribution is 9.10. The van der Waals surface area contributed by atoms with Crippen LogP contribution in [0, 0.1) is 5.82 Å². The first kappa shape index (κ1) is 14.4. The third-order valence-corrected chi connectivity index (χ3v) is 4.32. The van der Waals surface area contributed by atoms with Gasteiger partial charge in [-0.1, -0.05) is 48.0 Å². The van der Waals surface area contributed by atoms with Gasteiger partial charge in [0.2, 0.25) is 0 Å². The summed E-state index contributed by atoms with van der Waals surface area (Å²) in [5, 5.41) is 2.03. The molecule has 0 unspecified atom stereocenters. The van der Waals surface area contributed by atoms with Crippen molar-refractivity contribution < 1.29 is 9.13 Å².